The molecule has 0 amide bonds. The Bertz CT molecular complexity index is 481. The van der Waals surface area contributed by atoms with Crippen LogP contribution in [-0.2, 0) is 16.4 Å². The summed E-state index contributed by atoms with van der Waals surface area (Å²) in [7, 11) is -3.06. The first-order valence-corrected chi connectivity index (χ1v) is 8.21. The normalized spacial score (nSPS) is 23.1. The summed E-state index contributed by atoms with van der Waals surface area (Å²) in [4.78, 5) is 4.14. The maximum absolute atomic E-state index is 12.1. The van der Waals surface area contributed by atoms with E-state index >= 15 is 0 Å². The molecule has 1 aromatic heterocycles. The molecule has 2 heterocycles. The van der Waals surface area contributed by atoms with Crippen LogP contribution >= 0.6 is 0 Å². The Balaban J connectivity index is 2.15. The molecule has 0 bridgehead atoms. The van der Waals surface area contributed by atoms with E-state index in [2.05, 4.69) is 17.2 Å². The number of oxazole rings is 1. The molecule has 0 spiro atoms. The first-order chi connectivity index (χ1) is 8.65. The van der Waals surface area contributed by atoms with Crippen LogP contribution in [0.4, 0.5) is 0 Å². The fourth-order valence-corrected chi connectivity index (χ4v) is 4.24. The highest BCUT2D eigenvalue weighted by Gasteiger charge is 2.34. The van der Waals surface area contributed by atoms with Crippen LogP contribution in [0, 0.1) is 0 Å². The number of nitrogens with zero attached hydrogens (tertiary/aromatic N) is 1. The number of rotatable bonds is 5. The summed E-state index contributed by atoms with van der Waals surface area (Å²) >= 11 is 0. The van der Waals surface area contributed by atoms with Crippen molar-refractivity contribution in [3.05, 3.63) is 17.8 Å². The number of sulfone groups is 1. The smallest absolute Gasteiger partial charge is 0.181 e. The fraction of sp³-hybridized carbons (Fsp3) is 0.750. The van der Waals surface area contributed by atoms with E-state index in [1.807, 2.05) is 0 Å². The molecule has 1 saturated heterocycles. The zero-order chi connectivity index (χ0) is 13.0. The molecule has 1 aliphatic rings. The van der Waals surface area contributed by atoms with Gasteiger partial charge < -0.3 is 9.73 Å². The highest BCUT2D eigenvalue weighted by Crippen LogP contribution is 2.34. The molecule has 1 unspecified atom stereocenters. The number of nitrogens with one attached hydrogen (secondary N) is 1. The van der Waals surface area contributed by atoms with Crippen LogP contribution in [0.5, 0.6) is 0 Å². The number of hydrogen-bond donors (Lipinski definition) is 1. The maximum atomic E-state index is 12.1. The van der Waals surface area contributed by atoms with Crippen LogP contribution in [0.2, 0.25) is 0 Å². The summed E-state index contributed by atoms with van der Waals surface area (Å²) in [6.07, 6.45) is 4.73. The van der Waals surface area contributed by atoms with E-state index in [4.69, 9.17) is 4.42 Å². The van der Waals surface area contributed by atoms with Crippen molar-refractivity contribution in [3.63, 3.8) is 0 Å². The maximum Gasteiger partial charge on any atom is 0.181 e. The van der Waals surface area contributed by atoms with Crippen molar-refractivity contribution < 1.29 is 12.8 Å². The van der Waals surface area contributed by atoms with Crippen molar-refractivity contribution in [3.8, 4) is 0 Å². The average molecular weight is 272 g/mol. The third-order valence-electron chi connectivity index (χ3n) is 3.26. The van der Waals surface area contributed by atoms with E-state index in [-0.39, 0.29) is 5.75 Å². The lowest BCUT2D eigenvalue weighted by molar-refractivity contribution is 0.457. The van der Waals surface area contributed by atoms with Crippen LogP contribution in [0.3, 0.4) is 0 Å². The molecule has 1 aromatic rings. The molecule has 1 fully saturated rings. The molecule has 5 nitrogen and oxygen atoms in total. The van der Waals surface area contributed by atoms with Gasteiger partial charge in [0.1, 0.15) is 11.0 Å². The SMILES string of the molecule is CCCNCc1ncoc1C1CCCCS1(=O)=O. The summed E-state index contributed by atoms with van der Waals surface area (Å²) in [6, 6.07) is 0. The van der Waals surface area contributed by atoms with Gasteiger partial charge in [-0.25, -0.2) is 13.4 Å². The van der Waals surface area contributed by atoms with Crippen LogP contribution in [0.1, 0.15) is 49.3 Å². The van der Waals surface area contributed by atoms with Gasteiger partial charge in [0.15, 0.2) is 16.2 Å². The summed E-state index contributed by atoms with van der Waals surface area (Å²) in [5.74, 6) is 0.804. The van der Waals surface area contributed by atoms with E-state index in [1.165, 1.54) is 6.39 Å². The van der Waals surface area contributed by atoms with Gasteiger partial charge in [-0.3, -0.25) is 0 Å². The molecule has 0 aromatic carbocycles. The van der Waals surface area contributed by atoms with Gasteiger partial charge in [-0.05, 0) is 25.8 Å². The number of hydrogen-bond acceptors (Lipinski definition) is 5. The second-order valence-corrected chi connectivity index (χ2v) is 6.99. The minimum absolute atomic E-state index is 0.264. The van der Waals surface area contributed by atoms with Crippen molar-refractivity contribution in [1.82, 2.24) is 10.3 Å². The topological polar surface area (TPSA) is 72.2 Å². The minimum Gasteiger partial charge on any atom is -0.447 e. The van der Waals surface area contributed by atoms with Crippen molar-refractivity contribution in [2.45, 2.75) is 44.4 Å². The van der Waals surface area contributed by atoms with Gasteiger partial charge in [-0.15, -0.1) is 0 Å². The summed E-state index contributed by atoms with van der Waals surface area (Å²) < 4.78 is 29.4. The van der Waals surface area contributed by atoms with Crippen molar-refractivity contribution in [2.75, 3.05) is 12.3 Å². The van der Waals surface area contributed by atoms with E-state index in [0.717, 1.165) is 31.5 Å². The van der Waals surface area contributed by atoms with Crippen LogP contribution in [0.25, 0.3) is 0 Å². The molecule has 0 saturated carbocycles. The second-order valence-electron chi connectivity index (χ2n) is 4.69. The van der Waals surface area contributed by atoms with Crippen molar-refractivity contribution in [2.24, 2.45) is 0 Å². The predicted octanol–water partition coefficient (Wildman–Crippen LogP) is 1.81. The van der Waals surface area contributed by atoms with E-state index in [0.29, 0.717) is 18.7 Å². The molecule has 2 rings (SSSR count). The molecular formula is C12H20N2O3S. The van der Waals surface area contributed by atoms with Gasteiger partial charge in [-0.2, -0.15) is 0 Å². The van der Waals surface area contributed by atoms with Crippen LogP contribution in [-0.4, -0.2) is 25.7 Å². The van der Waals surface area contributed by atoms with E-state index in [1.54, 1.807) is 0 Å². The van der Waals surface area contributed by atoms with Crippen molar-refractivity contribution in [1.29, 1.82) is 0 Å². The summed E-state index contributed by atoms with van der Waals surface area (Å²) in [5, 5.41) is 2.73. The molecule has 1 aliphatic heterocycles. The minimum atomic E-state index is -3.06. The van der Waals surface area contributed by atoms with Gasteiger partial charge in [0.2, 0.25) is 0 Å². The highest BCUT2D eigenvalue weighted by molar-refractivity contribution is 7.91. The third kappa shape index (κ3) is 2.92. The molecule has 1 N–H and O–H groups in total. The predicted molar refractivity (Wildman–Crippen MR) is 68.9 cm³/mol. The monoisotopic (exact) mass is 272 g/mol. The van der Waals surface area contributed by atoms with Gasteiger partial charge in [0.05, 0.1) is 11.4 Å². The Morgan fingerprint density at radius 1 is 1.50 bits per heavy atom. The zero-order valence-electron chi connectivity index (χ0n) is 10.7. The molecule has 6 heteroatoms. The average Bonchev–Trinajstić information content (AvgIpc) is 2.77. The molecular weight excluding hydrogens is 252 g/mol. The van der Waals surface area contributed by atoms with Crippen LogP contribution < -0.4 is 5.32 Å². The van der Waals surface area contributed by atoms with Gasteiger partial charge >= 0.3 is 0 Å². The van der Waals surface area contributed by atoms with Crippen molar-refractivity contribution >= 4 is 9.84 Å². The lowest BCUT2D eigenvalue weighted by Crippen LogP contribution is -2.23. The second kappa shape index (κ2) is 5.84. The highest BCUT2D eigenvalue weighted by atomic mass is 32.2. The Morgan fingerprint density at radius 2 is 2.33 bits per heavy atom. The largest absolute Gasteiger partial charge is 0.447 e. The molecule has 18 heavy (non-hydrogen) atoms. The van der Waals surface area contributed by atoms with Gasteiger partial charge in [0, 0.05) is 6.54 Å². The lowest BCUT2D eigenvalue weighted by atomic mass is 10.1. The Kier molecular flexibility index (Phi) is 4.40. The first kappa shape index (κ1) is 13.5. The molecule has 0 aliphatic carbocycles. The summed E-state index contributed by atoms with van der Waals surface area (Å²) in [6.45, 7) is 3.55. The van der Waals surface area contributed by atoms with E-state index < -0.39 is 15.1 Å². The lowest BCUT2D eigenvalue weighted by Gasteiger charge is -2.20. The molecule has 1 atom stereocenters. The van der Waals surface area contributed by atoms with E-state index in [9.17, 15) is 8.42 Å². The van der Waals surface area contributed by atoms with Gasteiger partial charge in [-0.1, -0.05) is 13.3 Å². The van der Waals surface area contributed by atoms with Gasteiger partial charge in [0.25, 0.3) is 0 Å². The Morgan fingerprint density at radius 3 is 3.06 bits per heavy atom. The standard InChI is InChI=1S/C12H20N2O3S/c1-2-6-13-8-10-12(17-9-14-10)11-5-3-4-7-18(11,15)16/h9,11,13H,2-8H2,1H3. The molecule has 0 radical (unpaired) electrons. The van der Waals surface area contributed by atoms with Crippen LogP contribution in [0.15, 0.2) is 10.8 Å². The third-order valence-corrected chi connectivity index (χ3v) is 5.44. The zero-order valence-corrected chi connectivity index (χ0v) is 11.5. The first-order valence-electron chi connectivity index (χ1n) is 6.49. The number of aromatic nitrogens is 1. The molecule has 102 valence electrons. The fourth-order valence-electron chi connectivity index (χ4n) is 2.31. The summed E-state index contributed by atoms with van der Waals surface area (Å²) in [5.41, 5.74) is 0.735. The Labute approximate surface area is 108 Å². The quantitative estimate of drug-likeness (QED) is 0.828. The Hall–Kier alpha value is -0.880.